The highest BCUT2D eigenvalue weighted by Gasteiger charge is 2.23. The number of carbonyl (C=O) groups excluding carboxylic acids is 1. The fraction of sp³-hybridized carbons (Fsp3) is 0.533. The molecule has 1 fully saturated rings. The molecule has 0 bridgehead atoms. The first-order chi connectivity index (χ1) is 9.22. The van der Waals surface area contributed by atoms with Crippen molar-refractivity contribution in [3.63, 3.8) is 0 Å². The minimum absolute atomic E-state index is 0.0513. The standard InChI is InChI=1S/C15H22N2O2/c1-3-19-14-9-5-4-7-12(14)15(18)17-13-8-6-10-16-11(13)2/h4-5,7,9,11,13,16H,3,6,8,10H2,1-2H3,(H,17,18)/t11-,13+/m1/s1. The number of piperidine rings is 1. The average Bonchev–Trinajstić information content (AvgIpc) is 2.42. The number of ether oxygens (including phenoxy) is 1. The van der Waals surface area contributed by atoms with Crippen molar-refractivity contribution in [3.05, 3.63) is 29.8 Å². The van der Waals surface area contributed by atoms with Gasteiger partial charge in [-0.15, -0.1) is 0 Å². The van der Waals surface area contributed by atoms with E-state index in [4.69, 9.17) is 4.74 Å². The molecule has 2 rings (SSSR count). The number of nitrogens with one attached hydrogen (secondary N) is 2. The molecule has 1 aromatic rings. The van der Waals surface area contributed by atoms with Crippen LogP contribution in [0.1, 0.15) is 37.0 Å². The van der Waals surface area contributed by atoms with Crippen molar-refractivity contribution >= 4 is 5.91 Å². The first kappa shape index (κ1) is 13.9. The van der Waals surface area contributed by atoms with Crippen LogP contribution in [0.25, 0.3) is 0 Å². The van der Waals surface area contributed by atoms with Gasteiger partial charge >= 0.3 is 0 Å². The zero-order chi connectivity index (χ0) is 13.7. The Labute approximate surface area is 114 Å². The molecular formula is C15H22N2O2. The lowest BCUT2D eigenvalue weighted by Gasteiger charge is -2.30. The molecule has 1 heterocycles. The van der Waals surface area contributed by atoms with Gasteiger partial charge in [0.2, 0.25) is 0 Å². The van der Waals surface area contributed by atoms with Gasteiger partial charge in [-0.1, -0.05) is 12.1 Å². The maximum absolute atomic E-state index is 12.3. The second-order valence-electron chi connectivity index (χ2n) is 4.89. The third kappa shape index (κ3) is 3.47. The van der Waals surface area contributed by atoms with E-state index in [1.165, 1.54) is 0 Å². The van der Waals surface area contributed by atoms with Crippen LogP contribution in [0.15, 0.2) is 24.3 Å². The van der Waals surface area contributed by atoms with Crippen molar-refractivity contribution in [2.24, 2.45) is 0 Å². The highest BCUT2D eigenvalue weighted by atomic mass is 16.5. The van der Waals surface area contributed by atoms with E-state index < -0.39 is 0 Å². The Hall–Kier alpha value is -1.55. The fourth-order valence-electron chi connectivity index (χ4n) is 2.42. The summed E-state index contributed by atoms with van der Waals surface area (Å²) in [6.45, 7) is 5.62. The molecule has 0 spiro atoms. The van der Waals surface area contributed by atoms with Gasteiger partial charge in [-0.3, -0.25) is 4.79 Å². The van der Waals surface area contributed by atoms with E-state index in [0.717, 1.165) is 19.4 Å². The van der Waals surface area contributed by atoms with E-state index in [1.807, 2.05) is 25.1 Å². The summed E-state index contributed by atoms with van der Waals surface area (Å²) in [6.07, 6.45) is 2.12. The van der Waals surface area contributed by atoms with Gasteiger partial charge in [0, 0.05) is 12.1 Å². The van der Waals surface area contributed by atoms with Crippen molar-refractivity contribution in [3.8, 4) is 5.75 Å². The summed E-state index contributed by atoms with van der Waals surface area (Å²) in [5.74, 6) is 0.600. The first-order valence-corrected chi connectivity index (χ1v) is 6.98. The van der Waals surface area contributed by atoms with Crippen molar-refractivity contribution < 1.29 is 9.53 Å². The Morgan fingerprint density at radius 3 is 3.00 bits per heavy atom. The van der Waals surface area contributed by atoms with Crippen LogP contribution in [0.5, 0.6) is 5.75 Å². The summed E-state index contributed by atoms with van der Waals surface area (Å²) in [4.78, 5) is 12.3. The Balaban J connectivity index is 2.06. The average molecular weight is 262 g/mol. The number of benzene rings is 1. The number of rotatable bonds is 4. The molecule has 0 unspecified atom stereocenters. The van der Waals surface area contributed by atoms with Gasteiger partial charge in [0.05, 0.1) is 12.2 Å². The molecule has 1 aliphatic heterocycles. The molecule has 1 saturated heterocycles. The molecule has 1 amide bonds. The summed E-state index contributed by atoms with van der Waals surface area (Å²) < 4.78 is 5.50. The van der Waals surface area contributed by atoms with E-state index in [-0.39, 0.29) is 11.9 Å². The fourth-order valence-corrected chi connectivity index (χ4v) is 2.42. The lowest BCUT2D eigenvalue weighted by Crippen LogP contribution is -2.51. The smallest absolute Gasteiger partial charge is 0.255 e. The topological polar surface area (TPSA) is 50.4 Å². The summed E-state index contributed by atoms with van der Waals surface area (Å²) in [5.41, 5.74) is 0.613. The Kier molecular flexibility index (Phi) is 4.80. The molecule has 1 aromatic carbocycles. The van der Waals surface area contributed by atoms with E-state index in [2.05, 4.69) is 17.6 Å². The van der Waals surface area contributed by atoms with Crippen LogP contribution in [0.2, 0.25) is 0 Å². The molecule has 0 radical (unpaired) electrons. The molecule has 4 heteroatoms. The highest BCUT2D eigenvalue weighted by molar-refractivity contribution is 5.97. The third-order valence-electron chi connectivity index (χ3n) is 3.51. The van der Waals surface area contributed by atoms with E-state index >= 15 is 0 Å². The van der Waals surface area contributed by atoms with Crippen LogP contribution in [0.3, 0.4) is 0 Å². The summed E-state index contributed by atoms with van der Waals surface area (Å²) in [6, 6.07) is 7.89. The largest absolute Gasteiger partial charge is 0.493 e. The predicted octanol–water partition coefficient (Wildman–Crippen LogP) is 1.96. The van der Waals surface area contributed by atoms with E-state index in [0.29, 0.717) is 24.0 Å². The molecule has 0 aromatic heterocycles. The molecule has 2 N–H and O–H groups in total. The Morgan fingerprint density at radius 2 is 2.26 bits per heavy atom. The van der Waals surface area contributed by atoms with Gasteiger partial charge in [0.15, 0.2) is 0 Å². The lowest BCUT2D eigenvalue weighted by molar-refractivity contribution is 0.0916. The number of hydrogen-bond acceptors (Lipinski definition) is 3. The third-order valence-corrected chi connectivity index (χ3v) is 3.51. The zero-order valence-electron chi connectivity index (χ0n) is 11.6. The van der Waals surface area contributed by atoms with Crippen LogP contribution in [0, 0.1) is 0 Å². The minimum atomic E-state index is -0.0513. The Morgan fingerprint density at radius 1 is 1.47 bits per heavy atom. The molecule has 1 aliphatic rings. The number of carbonyl (C=O) groups is 1. The number of hydrogen-bond donors (Lipinski definition) is 2. The highest BCUT2D eigenvalue weighted by Crippen LogP contribution is 2.18. The maximum Gasteiger partial charge on any atom is 0.255 e. The molecular weight excluding hydrogens is 240 g/mol. The molecule has 0 saturated carbocycles. The van der Waals surface area contributed by atoms with Crippen molar-refractivity contribution in [1.82, 2.24) is 10.6 Å². The number of amides is 1. The second kappa shape index (κ2) is 6.57. The van der Waals surface area contributed by atoms with Crippen LogP contribution in [-0.4, -0.2) is 31.1 Å². The van der Waals surface area contributed by atoms with Gasteiger partial charge in [-0.2, -0.15) is 0 Å². The quantitative estimate of drug-likeness (QED) is 0.872. The molecule has 104 valence electrons. The van der Waals surface area contributed by atoms with E-state index in [1.54, 1.807) is 6.07 Å². The van der Waals surface area contributed by atoms with Crippen LogP contribution >= 0.6 is 0 Å². The van der Waals surface area contributed by atoms with Crippen LogP contribution < -0.4 is 15.4 Å². The number of para-hydroxylation sites is 1. The zero-order valence-corrected chi connectivity index (χ0v) is 11.6. The van der Waals surface area contributed by atoms with Gasteiger partial charge in [-0.25, -0.2) is 0 Å². The molecule has 2 atom stereocenters. The lowest BCUT2D eigenvalue weighted by atomic mass is 9.99. The van der Waals surface area contributed by atoms with Crippen molar-refractivity contribution in [1.29, 1.82) is 0 Å². The van der Waals surface area contributed by atoms with E-state index in [9.17, 15) is 4.79 Å². The van der Waals surface area contributed by atoms with Gasteiger partial charge in [0.1, 0.15) is 5.75 Å². The monoisotopic (exact) mass is 262 g/mol. The molecule has 0 aliphatic carbocycles. The second-order valence-corrected chi connectivity index (χ2v) is 4.89. The van der Waals surface area contributed by atoms with Gasteiger partial charge < -0.3 is 15.4 Å². The molecule has 4 nitrogen and oxygen atoms in total. The SMILES string of the molecule is CCOc1ccccc1C(=O)N[C@H]1CCCN[C@@H]1C. The normalized spacial score (nSPS) is 22.8. The van der Waals surface area contributed by atoms with Crippen LogP contribution in [0.4, 0.5) is 0 Å². The maximum atomic E-state index is 12.3. The van der Waals surface area contributed by atoms with Crippen molar-refractivity contribution in [2.45, 2.75) is 38.8 Å². The Bertz CT molecular complexity index is 434. The first-order valence-electron chi connectivity index (χ1n) is 6.98. The van der Waals surface area contributed by atoms with Gasteiger partial charge in [-0.05, 0) is 45.4 Å². The predicted molar refractivity (Wildman–Crippen MR) is 75.6 cm³/mol. The van der Waals surface area contributed by atoms with Gasteiger partial charge in [0.25, 0.3) is 5.91 Å². The van der Waals surface area contributed by atoms with Crippen molar-refractivity contribution in [2.75, 3.05) is 13.2 Å². The van der Waals surface area contributed by atoms with Crippen LogP contribution in [-0.2, 0) is 0 Å². The summed E-state index contributed by atoms with van der Waals surface area (Å²) in [7, 11) is 0. The minimum Gasteiger partial charge on any atom is -0.493 e. The summed E-state index contributed by atoms with van der Waals surface area (Å²) in [5, 5.41) is 6.48. The summed E-state index contributed by atoms with van der Waals surface area (Å²) >= 11 is 0. The molecule has 19 heavy (non-hydrogen) atoms.